The first-order valence-electron chi connectivity index (χ1n) is 6.29. The highest BCUT2D eigenvalue weighted by Crippen LogP contribution is 2.37. The number of halogens is 1. The van der Waals surface area contributed by atoms with Crippen LogP contribution in [0.2, 0.25) is 0 Å². The summed E-state index contributed by atoms with van der Waals surface area (Å²) in [5, 5.41) is 19.0. The molecule has 0 saturated carbocycles. The second-order valence-corrected chi connectivity index (χ2v) is 5.47. The third-order valence-corrected chi connectivity index (χ3v) is 4.01. The van der Waals surface area contributed by atoms with Crippen molar-refractivity contribution in [3.05, 3.63) is 29.6 Å². The number of rotatable bonds is 3. The molecule has 1 heterocycles. The molecule has 0 amide bonds. The minimum Gasteiger partial charge on any atom is -0.508 e. The Bertz CT molecular complexity index is 505. The highest BCUT2D eigenvalue weighted by atomic mass is 19.1. The Morgan fingerprint density at radius 3 is 2.74 bits per heavy atom. The van der Waals surface area contributed by atoms with Gasteiger partial charge in [-0.2, -0.15) is 0 Å². The van der Waals surface area contributed by atoms with Crippen molar-refractivity contribution in [3.63, 3.8) is 0 Å². The third kappa shape index (κ3) is 2.56. The quantitative estimate of drug-likeness (QED) is 0.882. The van der Waals surface area contributed by atoms with Gasteiger partial charge in [-0.05, 0) is 32.9 Å². The summed E-state index contributed by atoms with van der Waals surface area (Å²) in [5.41, 5.74) is -0.125. The molecule has 0 bridgehead atoms. The number of carbonyl (C=O) groups is 1. The zero-order valence-corrected chi connectivity index (χ0v) is 11.1. The summed E-state index contributed by atoms with van der Waals surface area (Å²) < 4.78 is 13.0. The molecule has 1 fully saturated rings. The molecule has 104 valence electrons. The maximum atomic E-state index is 13.0. The molecular formula is C14H18FNO3. The van der Waals surface area contributed by atoms with Crippen LogP contribution in [0.3, 0.4) is 0 Å². The van der Waals surface area contributed by atoms with Crippen molar-refractivity contribution >= 4 is 5.97 Å². The predicted octanol–water partition coefficient (Wildman–Crippen LogP) is 2.39. The molecule has 0 aliphatic carbocycles. The van der Waals surface area contributed by atoms with Gasteiger partial charge in [-0.25, -0.2) is 4.39 Å². The lowest BCUT2D eigenvalue weighted by atomic mass is 9.90. The van der Waals surface area contributed by atoms with E-state index >= 15 is 0 Å². The lowest BCUT2D eigenvalue weighted by molar-refractivity contribution is -0.147. The summed E-state index contributed by atoms with van der Waals surface area (Å²) in [6.45, 7) is 4.70. The lowest BCUT2D eigenvalue weighted by Crippen LogP contribution is -2.32. The summed E-state index contributed by atoms with van der Waals surface area (Å²) >= 11 is 0. The van der Waals surface area contributed by atoms with Crippen LogP contribution in [0.5, 0.6) is 5.75 Å². The molecule has 5 heteroatoms. The number of likely N-dealkylation sites (tertiary alicyclic amines) is 1. The van der Waals surface area contributed by atoms with Crippen LogP contribution < -0.4 is 0 Å². The number of phenolic OH excluding ortho intramolecular Hbond substituents is 1. The second-order valence-electron chi connectivity index (χ2n) is 5.47. The first-order valence-corrected chi connectivity index (χ1v) is 6.29. The maximum absolute atomic E-state index is 13.0. The SMILES string of the molecule is CC(c1ccc(F)cc1O)N1CCC(C)(C(=O)O)C1. The van der Waals surface area contributed by atoms with Gasteiger partial charge in [0.25, 0.3) is 0 Å². The first-order chi connectivity index (χ1) is 8.83. The Hall–Kier alpha value is -1.62. The van der Waals surface area contributed by atoms with Gasteiger partial charge in [0, 0.05) is 24.2 Å². The molecule has 4 nitrogen and oxygen atoms in total. The monoisotopic (exact) mass is 267 g/mol. The Balaban J connectivity index is 2.17. The topological polar surface area (TPSA) is 60.8 Å². The highest BCUT2D eigenvalue weighted by molar-refractivity contribution is 5.74. The molecule has 2 unspecified atom stereocenters. The average Bonchev–Trinajstić information content (AvgIpc) is 2.73. The van der Waals surface area contributed by atoms with E-state index in [0.717, 1.165) is 6.07 Å². The molecule has 0 spiro atoms. The van der Waals surface area contributed by atoms with Gasteiger partial charge in [-0.1, -0.05) is 6.07 Å². The standard InChI is InChI=1S/C14H18FNO3/c1-9(11-4-3-10(15)7-12(11)17)16-6-5-14(2,8-16)13(18)19/h3-4,7,9,17H,5-6,8H2,1-2H3,(H,18,19). The number of nitrogens with zero attached hydrogens (tertiary/aromatic N) is 1. The summed E-state index contributed by atoms with van der Waals surface area (Å²) in [6.07, 6.45) is 0.578. The minimum absolute atomic E-state index is 0.0866. The Kier molecular flexibility index (Phi) is 3.49. The van der Waals surface area contributed by atoms with Crippen LogP contribution in [0.15, 0.2) is 18.2 Å². The summed E-state index contributed by atoms with van der Waals surface area (Å²) in [5.74, 6) is -1.37. The van der Waals surface area contributed by atoms with E-state index in [0.29, 0.717) is 25.1 Å². The Morgan fingerprint density at radius 2 is 2.21 bits per heavy atom. The maximum Gasteiger partial charge on any atom is 0.310 e. The fraction of sp³-hybridized carbons (Fsp3) is 0.500. The van der Waals surface area contributed by atoms with E-state index < -0.39 is 17.2 Å². The van der Waals surface area contributed by atoms with Crippen LogP contribution in [-0.2, 0) is 4.79 Å². The molecule has 1 aromatic rings. The summed E-state index contributed by atoms with van der Waals surface area (Å²) in [6, 6.07) is 3.80. The van der Waals surface area contributed by atoms with E-state index in [1.807, 2.05) is 11.8 Å². The fourth-order valence-corrected chi connectivity index (χ4v) is 2.57. The zero-order chi connectivity index (χ0) is 14.2. The van der Waals surface area contributed by atoms with Crippen molar-refractivity contribution in [2.75, 3.05) is 13.1 Å². The van der Waals surface area contributed by atoms with Crippen molar-refractivity contribution in [1.82, 2.24) is 4.90 Å². The zero-order valence-electron chi connectivity index (χ0n) is 11.1. The number of aliphatic carboxylic acids is 1. The van der Waals surface area contributed by atoms with Gasteiger partial charge in [-0.3, -0.25) is 9.69 Å². The number of carboxylic acids is 1. The largest absolute Gasteiger partial charge is 0.508 e. The molecule has 0 radical (unpaired) electrons. The van der Waals surface area contributed by atoms with Gasteiger partial charge < -0.3 is 10.2 Å². The molecular weight excluding hydrogens is 249 g/mol. The van der Waals surface area contributed by atoms with Gasteiger partial charge in [-0.15, -0.1) is 0 Å². The third-order valence-electron chi connectivity index (χ3n) is 4.01. The fourth-order valence-electron chi connectivity index (χ4n) is 2.57. The van der Waals surface area contributed by atoms with E-state index in [-0.39, 0.29) is 11.8 Å². The van der Waals surface area contributed by atoms with Crippen molar-refractivity contribution in [1.29, 1.82) is 0 Å². The minimum atomic E-state index is -0.800. The molecule has 19 heavy (non-hydrogen) atoms. The first kappa shape index (κ1) is 13.8. The van der Waals surface area contributed by atoms with Crippen LogP contribution in [-0.4, -0.2) is 34.2 Å². The number of hydrogen-bond donors (Lipinski definition) is 2. The van der Waals surface area contributed by atoms with Gasteiger partial charge in [0.05, 0.1) is 5.41 Å². The van der Waals surface area contributed by atoms with Crippen molar-refractivity contribution in [3.8, 4) is 5.75 Å². The van der Waals surface area contributed by atoms with Crippen LogP contribution in [0.25, 0.3) is 0 Å². The molecule has 2 N–H and O–H groups in total. The van der Waals surface area contributed by atoms with Crippen LogP contribution >= 0.6 is 0 Å². The van der Waals surface area contributed by atoms with Gasteiger partial charge in [0.1, 0.15) is 11.6 Å². The van der Waals surface area contributed by atoms with Crippen LogP contribution in [0.4, 0.5) is 4.39 Å². The smallest absolute Gasteiger partial charge is 0.310 e. The van der Waals surface area contributed by atoms with Crippen molar-refractivity contribution in [2.45, 2.75) is 26.3 Å². The van der Waals surface area contributed by atoms with Gasteiger partial charge in [0.15, 0.2) is 0 Å². The molecule has 2 atom stereocenters. The second kappa shape index (κ2) is 4.81. The van der Waals surface area contributed by atoms with E-state index in [4.69, 9.17) is 0 Å². The molecule has 1 aromatic carbocycles. The van der Waals surface area contributed by atoms with Crippen molar-refractivity contribution in [2.24, 2.45) is 5.41 Å². The molecule has 1 aliphatic rings. The molecule has 1 saturated heterocycles. The van der Waals surface area contributed by atoms with E-state index in [9.17, 15) is 19.4 Å². The number of hydrogen-bond acceptors (Lipinski definition) is 3. The normalized spacial score (nSPS) is 25.4. The molecule has 1 aliphatic heterocycles. The molecule has 2 rings (SSSR count). The van der Waals surface area contributed by atoms with Gasteiger partial charge in [0.2, 0.25) is 0 Å². The summed E-state index contributed by atoms with van der Waals surface area (Å²) in [7, 11) is 0. The summed E-state index contributed by atoms with van der Waals surface area (Å²) in [4.78, 5) is 13.2. The predicted molar refractivity (Wildman–Crippen MR) is 68.4 cm³/mol. The number of aromatic hydroxyl groups is 1. The number of carboxylic acid groups (broad SMARTS) is 1. The average molecular weight is 267 g/mol. The van der Waals surface area contributed by atoms with Crippen LogP contribution in [0.1, 0.15) is 31.9 Å². The van der Waals surface area contributed by atoms with Crippen LogP contribution in [0, 0.1) is 11.2 Å². The van der Waals surface area contributed by atoms with E-state index in [1.165, 1.54) is 6.07 Å². The van der Waals surface area contributed by atoms with E-state index in [2.05, 4.69) is 0 Å². The number of benzene rings is 1. The lowest BCUT2D eigenvalue weighted by Gasteiger charge is -2.26. The Labute approximate surface area is 111 Å². The number of phenols is 1. The molecule has 0 aromatic heterocycles. The van der Waals surface area contributed by atoms with E-state index in [1.54, 1.807) is 13.0 Å². The van der Waals surface area contributed by atoms with Crippen molar-refractivity contribution < 1.29 is 19.4 Å². The highest BCUT2D eigenvalue weighted by Gasteiger charge is 2.42. The van der Waals surface area contributed by atoms with Gasteiger partial charge >= 0.3 is 5.97 Å². The Morgan fingerprint density at radius 1 is 1.53 bits per heavy atom.